The van der Waals surface area contributed by atoms with Crippen LogP contribution in [0.2, 0.25) is 0 Å². The van der Waals surface area contributed by atoms with Gasteiger partial charge in [0.1, 0.15) is 11.2 Å². The number of aromatic nitrogens is 1. The standard InChI is InChI=1S/C44H33NO/c1-43(2)36-24-26(28-15-11-16-32-31-12-7-10-19-39(31)46-41(28)32)20-22-29(36)30-23-21-27(25-37(30)43)45-38-18-9-6-14-34(38)40-33-13-5-8-17-35(33)44(3,4)42(40)45/h5-25H,1-4H3. The topological polar surface area (TPSA) is 18.1 Å². The highest BCUT2D eigenvalue weighted by molar-refractivity contribution is 6.10. The van der Waals surface area contributed by atoms with Crippen LogP contribution in [0.15, 0.2) is 132 Å². The van der Waals surface area contributed by atoms with Crippen molar-refractivity contribution >= 4 is 32.8 Å². The average Bonchev–Trinajstić information content (AvgIpc) is 3.76. The van der Waals surface area contributed by atoms with E-state index >= 15 is 0 Å². The van der Waals surface area contributed by atoms with E-state index in [-0.39, 0.29) is 10.8 Å². The van der Waals surface area contributed by atoms with E-state index in [2.05, 4.69) is 154 Å². The molecule has 6 aromatic carbocycles. The first-order chi connectivity index (χ1) is 22.3. The molecule has 0 radical (unpaired) electrons. The van der Waals surface area contributed by atoms with Gasteiger partial charge in [0.25, 0.3) is 0 Å². The minimum absolute atomic E-state index is 0.116. The van der Waals surface area contributed by atoms with Crippen LogP contribution in [0.25, 0.3) is 71.9 Å². The summed E-state index contributed by atoms with van der Waals surface area (Å²) in [7, 11) is 0. The molecule has 0 saturated carbocycles. The quantitative estimate of drug-likeness (QED) is 0.196. The zero-order valence-electron chi connectivity index (χ0n) is 26.5. The molecule has 2 heteroatoms. The number of furan rings is 1. The fraction of sp³-hybridized carbons (Fsp3) is 0.136. The fourth-order valence-electron chi connectivity index (χ4n) is 8.75. The van der Waals surface area contributed by atoms with E-state index in [4.69, 9.17) is 4.42 Å². The van der Waals surface area contributed by atoms with Gasteiger partial charge in [0.15, 0.2) is 0 Å². The summed E-state index contributed by atoms with van der Waals surface area (Å²) in [5.74, 6) is 0. The van der Waals surface area contributed by atoms with E-state index in [1.165, 1.54) is 66.8 Å². The van der Waals surface area contributed by atoms with Gasteiger partial charge in [-0.2, -0.15) is 0 Å². The Labute approximate surface area is 268 Å². The molecule has 0 aliphatic heterocycles. The lowest BCUT2D eigenvalue weighted by Crippen LogP contribution is -2.20. The second-order valence-corrected chi connectivity index (χ2v) is 14.1. The molecule has 10 rings (SSSR count). The number of nitrogens with zero attached hydrogens (tertiary/aromatic N) is 1. The zero-order chi connectivity index (χ0) is 30.9. The lowest BCUT2D eigenvalue weighted by atomic mass is 9.81. The number of fused-ring (bicyclic) bond motifs is 11. The molecule has 0 bridgehead atoms. The number of rotatable bonds is 2. The van der Waals surface area contributed by atoms with Gasteiger partial charge in [0, 0.05) is 49.5 Å². The fourth-order valence-corrected chi connectivity index (χ4v) is 8.75. The Hall–Kier alpha value is -5.34. The van der Waals surface area contributed by atoms with E-state index < -0.39 is 0 Å². The SMILES string of the molecule is CC1(C)c2cc(-c3cccc4c3oc3ccccc34)ccc2-c2ccc(-n3c4c(c5ccccc53)-c3ccccc3C4(C)C)cc21. The number of hydrogen-bond acceptors (Lipinski definition) is 1. The molecule has 0 N–H and O–H groups in total. The van der Waals surface area contributed by atoms with Gasteiger partial charge in [0.05, 0.1) is 5.52 Å². The maximum Gasteiger partial charge on any atom is 0.143 e. The van der Waals surface area contributed by atoms with Crippen LogP contribution in [0.1, 0.15) is 50.1 Å². The van der Waals surface area contributed by atoms with Crippen molar-refractivity contribution in [3.63, 3.8) is 0 Å². The number of para-hydroxylation sites is 3. The predicted octanol–water partition coefficient (Wildman–Crippen LogP) is 11.8. The smallest absolute Gasteiger partial charge is 0.143 e. The van der Waals surface area contributed by atoms with Crippen LogP contribution >= 0.6 is 0 Å². The monoisotopic (exact) mass is 591 g/mol. The van der Waals surface area contributed by atoms with E-state index in [1.54, 1.807) is 0 Å². The van der Waals surface area contributed by atoms with E-state index in [0.29, 0.717) is 0 Å². The Morgan fingerprint density at radius 2 is 1.17 bits per heavy atom. The molecule has 0 saturated heterocycles. The third kappa shape index (κ3) is 3.16. The van der Waals surface area contributed by atoms with Crippen molar-refractivity contribution in [2.75, 3.05) is 0 Å². The van der Waals surface area contributed by atoms with Crippen molar-refractivity contribution in [3.05, 3.63) is 150 Å². The summed E-state index contributed by atoms with van der Waals surface area (Å²) in [5, 5.41) is 3.65. The lowest BCUT2D eigenvalue weighted by Gasteiger charge is -2.26. The predicted molar refractivity (Wildman–Crippen MR) is 191 cm³/mol. The van der Waals surface area contributed by atoms with Gasteiger partial charge in [-0.25, -0.2) is 0 Å². The minimum Gasteiger partial charge on any atom is -0.455 e. The second-order valence-electron chi connectivity index (χ2n) is 14.1. The van der Waals surface area contributed by atoms with Crippen LogP contribution in [-0.2, 0) is 10.8 Å². The Balaban J connectivity index is 1.15. The maximum atomic E-state index is 6.44. The van der Waals surface area contributed by atoms with Crippen molar-refractivity contribution in [2.45, 2.75) is 38.5 Å². The van der Waals surface area contributed by atoms with E-state index in [9.17, 15) is 0 Å². The van der Waals surface area contributed by atoms with Gasteiger partial charge < -0.3 is 8.98 Å². The van der Waals surface area contributed by atoms with Gasteiger partial charge in [-0.3, -0.25) is 0 Å². The second kappa shape index (κ2) is 8.68. The molecule has 0 spiro atoms. The van der Waals surface area contributed by atoms with Crippen LogP contribution in [0.3, 0.4) is 0 Å². The summed E-state index contributed by atoms with van der Waals surface area (Å²) >= 11 is 0. The van der Waals surface area contributed by atoms with Crippen molar-refractivity contribution in [2.24, 2.45) is 0 Å². The number of hydrogen-bond donors (Lipinski definition) is 0. The van der Waals surface area contributed by atoms with E-state index in [1.807, 2.05) is 6.07 Å². The largest absolute Gasteiger partial charge is 0.455 e. The molecule has 0 fully saturated rings. The highest BCUT2D eigenvalue weighted by Crippen LogP contribution is 2.55. The highest BCUT2D eigenvalue weighted by Gasteiger charge is 2.41. The molecule has 2 aliphatic carbocycles. The third-order valence-corrected chi connectivity index (χ3v) is 11.0. The molecule has 2 aliphatic rings. The van der Waals surface area contributed by atoms with Crippen LogP contribution in [0, 0.1) is 0 Å². The molecule has 220 valence electrons. The third-order valence-electron chi connectivity index (χ3n) is 11.0. The van der Waals surface area contributed by atoms with Gasteiger partial charge in [-0.05, 0) is 69.3 Å². The Morgan fingerprint density at radius 3 is 2.04 bits per heavy atom. The molecular formula is C44H33NO. The zero-order valence-corrected chi connectivity index (χ0v) is 26.5. The number of benzene rings is 6. The summed E-state index contributed by atoms with van der Waals surface area (Å²) < 4.78 is 8.98. The van der Waals surface area contributed by atoms with Crippen LogP contribution in [0.5, 0.6) is 0 Å². The van der Waals surface area contributed by atoms with Gasteiger partial charge in [0.2, 0.25) is 0 Å². The molecule has 0 amide bonds. The highest BCUT2D eigenvalue weighted by atomic mass is 16.3. The van der Waals surface area contributed by atoms with Crippen molar-refractivity contribution < 1.29 is 4.42 Å². The van der Waals surface area contributed by atoms with Crippen molar-refractivity contribution in [3.8, 4) is 39.1 Å². The summed E-state index contributed by atoms with van der Waals surface area (Å²) in [5.41, 5.74) is 17.3. The minimum atomic E-state index is -0.164. The summed E-state index contributed by atoms with van der Waals surface area (Å²) in [6.07, 6.45) is 0. The molecule has 2 nitrogen and oxygen atoms in total. The molecule has 0 atom stereocenters. The van der Waals surface area contributed by atoms with E-state index in [0.717, 1.165) is 27.5 Å². The van der Waals surface area contributed by atoms with Crippen LogP contribution in [0.4, 0.5) is 0 Å². The molecule has 2 heterocycles. The normalized spacial score (nSPS) is 15.3. The van der Waals surface area contributed by atoms with Crippen LogP contribution in [-0.4, -0.2) is 4.57 Å². The van der Waals surface area contributed by atoms with Gasteiger partial charge in [-0.1, -0.05) is 125 Å². The lowest BCUT2D eigenvalue weighted by molar-refractivity contribution is 0.622. The maximum absolute atomic E-state index is 6.44. The van der Waals surface area contributed by atoms with Crippen molar-refractivity contribution in [1.29, 1.82) is 0 Å². The summed E-state index contributed by atoms with van der Waals surface area (Å²) in [6.45, 7) is 9.52. The molecule has 0 unspecified atom stereocenters. The molecule has 2 aromatic heterocycles. The Bertz CT molecular complexity index is 2590. The first kappa shape index (κ1) is 25.9. The van der Waals surface area contributed by atoms with Gasteiger partial charge >= 0.3 is 0 Å². The summed E-state index contributed by atoms with van der Waals surface area (Å²) in [6, 6.07) is 46.9. The van der Waals surface area contributed by atoms with Gasteiger partial charge in [-0.15, -0.1) is 0 Å². The molecule has 46 heavy (non-hydrogen) atoms. The Morgan fingerprint density at radius 1 is 0.500 bits per heavy atom. The molecule has 8 aromatic rings. The average molecular weight is 592 g/mol. The Kier molecular flexibility index (Phi) is 4.89. The summed E-state index contributed by atoms with van der Waals surface area (Å²) in [4.78, 5) is 0. The first-order valence-electron chi connectivity index (χ1n) is 16.3. The van der Waals surface area contributed by atoms with Crippen molar-refractivity contribution in [1.82, 2.24) is 4.57 Å². The molecular weight excluding hydrogens is 558 g/mol. The van der Waals surface area contributed by atoms with Crippen LogP contribution < -0.4 is 0 Å². The first-order valence-corrected chi connectivity index (χ1v) is 16.3.